The number of aliphatic hydroxyl groups is 1. The van der Waals surface area contributed by atoms with Gasteiger partial charge in [0.2, 0.25) is 0 Å². The largest absolute Gasteiger partial charge is 0.391 e. The highest BCUT2D eigenvalue weighted by molar-refractivity contribution is 5.48. The van der Waals surface area contributed by atoms with Crippen LogP contribution in [0.5, 0.6) is 0 Å². The molecule has 4 rings (SSSR count). The Morgan fingerprint density at radius 2 is 1.95 bits per heavy atom. The van der Waals surface area contributed by atoms with E-state index in [4.69, 9.17) is 0 Å². The second-order valence-corrected chi connectivity index (χ2v) is 5.33. The molecule has 0 radical (unpaired) electrons. The molecule has 1 aliphatic rings. The summed E-state index contributed by atoms with van der Waals surface area (Å²) in [6.45, 7) is 0.461. The van der Waals surface area contributed by atoms with Crippen molar-refractivity contribution < 1.29 is 9.50 Å². The summed E-state index contributed by atoms with van der Waals surface area (Å²) in [5, 5.41) is 25.6. The number of benzene rings is 1. The van der Waals surface area contributed by atoms with E-state index in [0.717, 1.165) is 5.56 Å². The van der Waals surface area contributed by atoms with Crippen molar-refractivity contribution in [2.75, 3.05) is 11.4 Å². The van der Waals surface area contributed by atoms with Gasteiger partial charge in [0.15, 0.2) is 11.5 Å². The monoisotopic (exact) mass is 300 g/mol. The number of halogens is 1. The van der Waals surface area contributed by atoms with Crippen LogP contribution in [-0.2, 0) is 0 Å². The molecule has 1 N–H and O–H groups in total. The molecule has 0 amide bonds. The van der Waals surface area contributed by atoms with Gasteiger partial charge in [-0.15, -0.1) is 14.8 Å². The highest BCUT2D eigenvalue weighted by Crippen LogP contribution is 2.35. The normalized spacial score (nSPS) is 21.6. The van der Waals surface area contributed by atoms with Crippen LogP contribution in [0.25, 0.3) is 5.65 Å². The number of rotatable bonds is 2. The summed E-state index contributed by atoms with van der Waals surface area (Å²) in [6, 6.07) is 9.86. The van der Waals surface area contributed by atoms with Crippen LogP contribution in [0.2, 0.25) is 0 Å². The SMILES string of the molecule is OC1CC(c2ccc(F)cc2)N(c2ccc3nnnn3n2)C1. The number of nitrogens with zero attached hydrogens (tertiary/aromatic N) is 6. The highest BCUT2D eigenvalue weighted by atomic mass is 19.1. The number of fused-ring (bicyclic) bond motifs is 1. The Hall–Kier alpha value is -2.61. The number of anilines is 1. The fourth-order valence-electron chi connectivity index (χ4n) is 2.86. The Balaban J connectivity index is 1.72. The average molecular weight is 300 g/mol. The molecular weight excluding hydrogens is 287 g/mol. The highest BCUT2D eigenvalue weighted by Gasteiger charge is 2.33. The Labute approximate surface area is 125 Å². The van der Waals surface area contributed by atoms with Crippen molar-refractivity contribution in [3.63, 3.8) is 0 Å². The van der Waals surface area contributed by atoms with Crippen molar-refractivity contribution in [1.82, 2.24) is 25.3 Å². The number of hydrogen-bond donors (Lipinski definition) is 1. The van der Waals surface area contributed by atoms with Gasteiger partial charge < -0.3 is 10.0 Å². The van der Waals surface area contributed by atoms with Gasteiger partial charge in [0.1, 0.15) is 5.82 Å². The molecule has 7 nitrogen and oxygen atoms in total. The van der Waals surface area contributed by atoms with Crippen LogP contribution in [0, 0.1) is 5.82 Å². The summed E-state index contributed by atoms with van der Waals surface area (Å²) in [4.78, 5) is 1.99. The molecule has 1 saturated heterocycles. The second-order valence-electron chi connectivity index (χ2n) is 5.33. The first kappa shape index (κ1) is 13.1. The number of tetrazole rings is 1. The Kier molecular flexibility index (Phi) is 2.97. The lowest BCUT2D eigenvalue weighted by atomic mass is 10.0. The number of aliphatic hydroxyl groups excluding tert-OH is 1. The second kappa shape index (κ2) is 4.99. The predicted molar refractivity (Wildman–Crippen MR) is 75.7 cm³/mol. The summed E-state index contributed by atoms with van der Waals surface area (Å²) in [6.07, 6.45) is 0.113. The minimum absolute atomic E-state index is 0.0583. The van der Waals surface area contributed by atoms with Crippen LogP contribution >= 0.6 is 0 Å². The van der Waals surface area contributed by atoms with Gasteiger partial charge in [0.25, 0.3) is 0 Å². The van der Waals surface area contributed by atoms with Crippen LogP contribution in [-0.4, -0.2) is 43.0 Å². The summed E-state index contributed by atoms with van der Waals surface area (Å²) in [5.41, 5.74) is 1.50. The fraction of sp³-hybridized carbons (Fsp3) is 0.286. The van der Waals surface area contributed by atoms with Gasteiger partial charge in [-0.05, 0) is 46.7 Å². The Morgan fingerprint density at radius 1 is 1.14 bits per heavy atom. The molecular formula is C14H13FN6O. The third-order valence-corrected chi connectivity index (χ3v) is 3.88. The molecule has 3 heterocycles. The summed E-state index contributed by atoms with van der Waals surface area (Å²) in [7, 11) is 0. The Bertz CT molecular complexity index is 804. The fourth-order valence-corrected chi connectivity index (χ4v) is 2.86. The van der Waals surface area contributed by atoms with Gasteiger partial charge in [-0.1, -0.05) is 12.1 Å². The molecule has 112 valence electrons. The first-order chi connectivity index (χ1) is 10.7. The van der Waals surface area contributed by atoms with Crippen molar-refractivity contribution in [3.8, 4) is 0 Å². The van der Waals surface area contributed by atoms with E-state index in [-0.39, 0.29) is 11.9 Å². The van der Waals surface area contributed by atoms with Crippen LogP contribution in [0.1, 0.15) is 18.0 Å². The maximum Gasteiger partial charge on any atom is 0.200 e. The molecule has 1 fully saturated rings. The summed E-state index contributed by atoms with van der Waals surface area (Å²) >= 11 is 0. The topological polar surface area (TPSA) is 79.4 Å². The molecule has 0 spiro atoms. The van der Waals surface area contributed by atoms with Gasteiger partial charge in [0, 0.05) is 6.54 Å². The molecule has 3 aromatic rings. The first-order valence-electron chi connectivity index (χ1n) is 6.96. The zero-order valence-electron chi connectivity index (χ0n) is 11.5. The molecule has 0 saturated carbocycles. The van der Waals surface area contributed by atoms with Crippen molar-refractivity contribution in [3.05, 3.63) is 47.8 Å². The molecule has 0 aliphatic carbocycles. The van der Waals surface area contributed by atoms with Crippen LogP contribution < -0.4 is 4.90 Å². The van der Waals surface area contributed by atoms with Crippen molar-refractivity contribution in [1.29, 1.82) is 0 Å². The molecule has 2 aromatic heterocycles. The molecule has 2 unspecified atom stereocenters. The Morgan fingerprint density at radius 3 is 2.77 bits per heavy atom. The number of aromatic nitrogens is 5. The lowest BCUT2D eigenvalue weighted by Gasteiger charge is -2.25. The van der Waals surface area contributed by atoms with Crippen molar-refractivity contribution >= 4 is 11.5 Å². The molecule has 8 heteroatoms. The maximum absolute atomic E-state index is 13.1. The van der Waals surface area contributed by atoms with Gasteiger partial charge in [0.05, 0.1) is 12.1 Å². The summed E-state index contributed by atoms with van der Waals surface area (Å²) < 4.78 is 14.5. The van der Waals surface area contributed by atoms with E-state index in [1.807, 2.05) is 11.0 Å². The number of β-amino-alcohol motifs (C(OH)–C–C–N with tert-alkyl or cyclic N) is 1. The minimum Gasteiger partial charge on any atom is -0.391 e. The van der Waals surface area contributed by atoms with Crippen LogP contribution in [0.4, 0.5) is 10.2 Å². The van der Waals surface area contributed by atoms with E-state index in [0.29, 0.717) is 24.4 Å². The summed E-state index contributed by atoms with van der Waals surface area (Å²) in [5.74, 6) is 0.396. The van der Waals surface area contributed by atoms with Gasteiger partial charge >= 0.3 is 0 Å². The third kappa shape index (κ3) is 2.17. The molecule has 0 bridgehead atoms. The van der Waals surface area contributed by atoms with E-state index >= 15 is 0 Å². The number of hydrogen-bond acceptors (Lipinski definition) is 6. The van der Waals surface area contributed by atoms with E-state index in [9.17, 15) is 9.50 Å². The lowest BCUT2D eigenvalue weighted by Crippen LogP contribution is -2.25. The van der Waals surface area contributed by atoms with Crippen LogP contribution in [0.15, 0.2) is 36.4 Å². The van der Waals surface area contributed by atoms with Gasteiger partial charge in [-0.2, -0.15) is 0 Å². The standard InChI is InChI=1S/C14H13FN6O/c15-10-3-1-9(2-4-10)12-7-11(22)8-20(12)14-6-5-13-16-18-19-21(13)17-14/h1-6,11-12,22H,7-8H2. The third-order valence-electron chi connectivity index (χ3n) is 3.88. The molecule has 22 heavy (non-hydrogen) atoms. The van der Waals surface area contributed by atoms with Crippen molar-refractivity contribution in [2.24, 2.45) is 0 Å². The zero-order valence-corrected chi connectivity index (χ0v) is 11.5. The predicted octanol–water partition coefficient (Wildman–Crippen LogP) is 0.971. The first-order valence-corrected chi connectivity index (χ1v) is 6.96. The lowest BCUT2D eigenvalue weighted by molar-refractivity contribution is 0.194. The molecule has 1 aliphatic heterocycles. The van der Waals surface area contributed by atoms with E-state index < -0.39 is 6.10 Å². The van der Waals surface area contributed by atoms with E-state index in [2.05, 4.69) is 20.6 Å². The maximum atomic E-state index is 13.1. The minimum atomic E-state index is -0.457. The smallest absolute Gasteiger partial charge is 0.200 e. The van der Waals surface area contributed by atoms with Gasteiger partial charge in [-0.25, -0.2) is 4.39 Å². The van der Waals surface area contributed by atoms with E-state index in [1.165, 1.54) is 16.8 Å². The zero-order chi connectivity index (χ0) is 15.1. The van der Waals surface area contributed by atoms with Crippen LogP contribution in [0.3, 0.4) is 0 Å². The molecule has 1 aromatic carbocycles. The average Bonchev–Trinajstić information content (AvgIpc) is 3.13. The van der Waals surface area contributed by atoms with E-state index in [1.54, 1.807) is 18.2 Å². The van der Waals surface area contributed by atoms with Crippen molar-refractivity contribution in [2.45, 2.75) is 18.6 Å². The van der Waals surface area contributed by atoms with Gasteiger partial charge in [-0.3, -0.25) is 0 Å². The molecule has 2 atom stereocenters. The quantitative estimate of drug-likeness (QED) is 0.759.